The first kappa shape index (κ1) is 25.9. The maximum absolute atomic E-state index is 12.6. The minimum atomic E-state index is -3.48. The predicted molar refractivity (Wildman–Crippen MR) is 134 cm³/mol. The van der Waals surface area contributed by atoms with Crippen LogP contribution in [-0.2, 0) is 16.6 Å². The molecule has 2 aromatic rings. The second-order valence-electron chi connectivity index (χ2n) is 8.84. The van der Waals surface area contributed by atoms with Crippen LogP contribution in [0.3, 0.4) is 0 Å². The van der Waals surface area contributed by atoms with Gasteiger partial charge < -0.3 is 5.32 Å². The number of nitrogens with one attached hydrogen (secondary N) is 1. The lowest BCUT2D eigenvalue weighted by molar-refractivity contribution is 0.0946. The first-order chi connectivity index (χ1) is 15.1. The SMILES string of the molecule is CCCC[C@@H](CC)CNC(=O)c1ccc(CN(c2c(C)cc(C)cc2C)S(C)(=O)=O)cc1. The Morgan fingerprint density at radius 2 is 1.62 bits per heavy atom. The van der Waals surface area contributed by atoms with Crippen LogP contribution in [-0.4, -0.2) is 27.1 Å². The van der Waals surface area contributed by atoms with Gasteiger partial charge in [-0.1, -0.05) is 62.9 Å². The molecular weight excluding hydrogens is 420 g/mol. The average Bonchev–Trinajstić information content (AvgIpc) is 2.72. The van der Waals surface area contributed by atoms with Crippen LogP contribution in [0.25, 0.3) is 0 Å². The fraction of sp³-hybridized carbons (Fsp3) is 0.500. The van der Waals surface area contributed by atoms with Crippen LogP contribution in [0.5, 0.6) is 0 Å². The molecule has 176 valence electrons. The van der Waals surface area contributed by atoms with Gasteiger partial charge in [0.1, 0.15) is 0 Å². The zero-order valence-corrected chi connectivity index (χ0v) is 21.2. The Bertz CT molecular complexity index is 991. The summed E-state index contributed by atoms with van der Waals surface area (Å²) >= 11 is 0. The number of unbranched alkanes of at least 4 members (excludes halogenated alkanes) is 1. The van der Waals surface area contributed by atoms with Gasteiger partial charge in [-0.2, -0.15) is 0 Å². The molecule has 0 aromatic heterocycles. The van der Waals surface area contributed by atoms with E-state index in [2.05, 4.69) is 19.2 Å². The third kappa shape index (κ3) is 7.09. The van der Waals surface area contributed by atoms with E-state index in [1.54, 1.807) is 12.1 Å². The number of nitrogens with zero attached hydrogens (tertiary/aromatic N) is 1. The maximum Gasteiger partial charge on any atom is 0.251 e. The third-order valence-corrected chi connectivity index (χ3v) is 7.03. The molecule has 5 nitrogen and oxygen atoms in total. The number of anilines is 1. The van der Waals surface area contributed by atoms with E-state index in [0.717, 1.165) is 47.2 Å². The van der Waals surface area contributed by atoms with Crippen LogP contribution in [0, 0.1) is 26.7 Å². The summed E-state index contributed by atoms with van der Waals surface area (Å²) in [7, 11) is -3.48. The largest absolute Gasteiger partial charge is 0.352 e. The number of amides is 1. The molecule has 0 unspecified atom stereocenters. The lowest BCUT2D eigenvalue weighted by Crippen LogP contribution is -2.31. The van der Waals surface area contributed by atoms with E-state index >= 15 is 0 Å². The second kappa shape index (κ2) is 11.5. The predicted octanol–water partition coefficient (Wildman–Crippen LogP) is 5.52. The summed E-state index contributed by atoms with van der Waals surface area (Å²) in [6.45, 7) is 11.1. The minimum Gasteiger partial charge on any atom is -0.352 e. The number of rotatable bonds is 11. The van der Waals surface area contributed by atoms with Gasteiger partial charge >= 0.3 is 0 Å². The quantitative estimate of drug-likeness (QED) is 0.482. The van der Waals surface area contributed by atoms with E-state index in [9.17, 15) is 13.2 Å². The fourth-order valence-electron chi connectivity index (χ4n) is 4.14. The molecule has 6 heteroatoms. The van der Waals surface area contributed by atoms with Crippen LogP contribution < -0.4 is 9.62 Å². The first-order valence-electron chi connectivity index (χ1n) is 11.5. The summed E-state index contributed by atoms with van der Waals surface area (Å²) in [5.41, 5.74) is 5.11. The van der Waals surface area contributed by atoms with Crippen molar-refractivity contribution in [3.8, 4) is 0 Å². The molecule has 1 amide bonds. The lowest BCUT2D eigenvalue weighted by Gasteiger charge is -2.26. The van der Waals surface area contributed by atoms with Crippen LogP contribution in [0.1, 0.15) is 72.1 Å². The molecule has 0 aliphatic carbocycles. The molecule has 0 spiro atoms. The Kier molecular flexibility index (Phi) is 9.32. The van der Waals surface area contributed by atoms with Crippen molar-refractivity contribution >= 4 is 21.6 Å². The average molecular weight is 459 g/mol. The maximum atomic E-state index is 12.6. The van der Waals surface area contributed by atoms with Gasteiger partial charge in [0.05, 0.1) is 18.5 Å². The summed E-state index contributed by atoms with van der Waals surface area (Å²) in [6, 6.07) is 11.2. The summed E-state index contributed by atoms with van der Waals surface area (Å²) in [6.07, 6.45) is 5.76. The Morgan fingerprint density at radius 3 is 2.12 bits per heavy atom. The molecule has 2 rings (SSSR count). The number of hydrogen-bond donors (Lipinski definition) is 1. The summed E-state index contributed by atoms with van der Waals surface area (Å²) in [5.74, 6) is 0.416. The molecule has 0 saturated heterocycles. The summed E-state index contributed by atoms with van der Waals surface area (Å²) in [4.78, 5) is 12.6. The highest BCUT2D eigenvalue weighted by Gasteiger charge is 2.22. The highest BCUT2D eigenvalue weighted by molar-refractivity contribution is 7.92. The number of carbonyl (C=O) groups excluding carboxylic acids is 1. The van der Waals surface area contributed by atoms with Gasteiger partial charge in [0, 0.05) is 12.1 Å². The normalized spacial score (nSPS) is 12.4. The van der Waals surface area contributed by atoms with Crippen LogP contribution in [0.15, 0.2) is 36.4 Å². The van der Waals surface area contributed by atoms with Crippen molar-refractivity contribution in [2.24, 2.45) is 5.92 Å². The van der Waals surface area contributed by atoms with Crippen molar-refractivity contribution < 1.29 is 13.2 Å². The van der Waals surface area contributed by atoms with Gasteiger partial charge in [-0.05, 0) is 61.9 Å². The number of benzene rings is 2. The van der Waals surface area contributed by atoms with Crippen molar-refractivity contribution in [1.29, 1.82) is 0 Å². The van der Waals surface area contributed by atoms with Gasteiger partial charge in [0.2, 0.25) is 10.0 Å². The number of carbonyl (C=O) groups is 1. The monoisotopic (exact) mass is 458 g/mol. The molecule has 1 atom stereocenters. The highest BCUT2D eigenvalue weighted by Crippen LogP contribution is 2.29. The van der Waals surface area contributed by atoms with Gasteiger partial charge in [0.25, 0.3) is 5.91 Å². The van der Waals surface area contributed by atoms with Crippen LogP contribution >= 0.6 is 0 Å². The Hall–Kier alpha value is -2.34. The van der Waals surface area contributed by atoms with Gasteiger partial charge in [-0.25, -0.2) is 8.42 Å². The summed E-state index contributed by atoms with van der Waals surface area (Å²) in [5, 5.41) is 3.04. The van der Waals surface area contributed by atoms with E-state index in [4.69, 9.17) is 0 Å². The fourth-order valence-corrected chi connectivity index (χ4v) is 5.14. The minimum absolute atomic E-state index is 0.0864. The van der Waals surface area contributed by atoms with Crippen molar-refractivity contribution in [2.75, 3.05) is 17.1 Å². The molecule has 0 bridgehead atoms. The molecule has 0 heterocycles. The molecule has 1 N–H and O–H groups in total. The molecule has 0 fully saturated rings. The van der Waals surface area contributed by atoms with Gasteiger partial charge in [0.15, 0.2) is 0 Å². The number of sulfonamides is 1. The molecule has 2 aromatic carbocycles. The number of aryl methyl sites for hydroxylation is 3. The molecule has 0 radical (unpaired) electrons. The topological polar surface area (TPSA) is 66.5 Å². The lowest BCUT2D eigenvalue weighted by atomic mass is 9.99. The van der Waals surface area contributed by atoms with Crippen molar-refractivity contribution in [2.45, 2.75) is 66.8 Å². The van der Waals surface area contributed by atoms with E-state index in [1.807, 2.05) is 45.0 Å². The van der Waals surface area contributed by atoms with Gasteiger partial charge in [-0.3, -0.25) is 9.10 Å². The van der Waals surface area contributed by atoms with E-state index < -0.39 is 10.0 Å². The Balaban J connectivity index is 2.15. The zero-order valence-electron chi connectivity index (χ0n) is 20.4. The van der Waals surface area contributed by atoms with Crippen molar-refractivity contribution in [1.82, 2.24) is 5.32 Å². The van der Waals surface area contributed by atoms with Crippen LogP contribution in [0.2, 0.25) is 0 Å². The highest BCUT2D eigenvalue weighted by atomic mass is 32.2. The smallest absolute Gasteiger partial charge is 0.251 e. The molecule has 0 aliphatic rings. The Morgan fingerprint density at radius 1 is 1.03 bits per heavy atom. The van der Waals surface area contributed by atoms with Crippen molar-refractivity contribution in [3.63, 3.8) is 0 Å². The van der Waals surface area contributed by atoms with Crippen molar-refractivity contribution in [3.05, 3.63) is 64.2 Å². The van der Waals surface area contributed by atoms with E-state index in [-0.39, 0.29) is 12.5 Å². The van der Waals surface area contributed by atoms with Crippen LogP contribution in [0.4, 0.5) is 5.69 Å². The molecular formula is C26H38N2O3S. The zero-order chi connectivity index (χ0) is 23.9. The molecule has 0 saturated carbocycles. The van der Waals surface area contributed by atoms with E-state index in [0.29, 0.717) is 18.0 Å². The summed E-state index contributed by atoms with van der Waals surface area (Å²) < 4.78 is 26.7. The van der Waals surface area contributed by atoms with Gasteiger partial charge in [-0.15, -0.1) is 0 Å². The second-order valence-corrected chi connectivity index (χ2v) is 10.7. The number of hydrogen-bond acceptors (Lipinski definition) is 3. The standard InChI is InChI=1S/C26H38N2O3S/c1-7-9-10-22(8-2)17-27-26(29)24-13-11-23(12-14-24)18-28(32(6,30)31)25-20(4)15-19(3)16-21(25)5/h11-16,22H,7-10,17-18H2,1-6H3,(H,27,29)/t22-/m1/s1. The third-order valence-electron chi connectivity index (χ3n) is 5.92. The first-order valence-corrected chi connectivity index (χ1v) is 13.3. The molecule has 32 heavy (non-hydrogen) atoms. The molecule has 0 aliphatic heterocycles. The Labute approximate surface area is 194 Å². The van der Waals surface area contributed by atoms with E-state index in [1.165, 1.54) is 17.0 Å².